The lowest BCUT2D eigenvalue weighted by Crippen LogP contribution is -2.35. The third-order valence-corrected chi connectivity index (χ3v) is 3.57. The average molecular weight is 198 g/mol. The molecule has 2 heteroatoms. The van der Waals surface area contributed by atoms with Crippen LogP contribution in [0, 0.1) is 10.8 Å². The van der Waals surface area contributed by atoms with E-state index in [1.165, 1.54) is 7.11 Å². The van der Waals surface area contributed by atoms with Crippen LogP contribution in [-0.2, 0) is 9.53 Å². The smallest absolute Gasteiger partial charge is 0.306 e. The van der Waals surface area contributed by atoms with Gasteiger partial charge in [0.05, 0.1) is 13.5 Å². The number of allylic oxidation sites excluding steroid dienone is 1. The molecule has 0 amide bonds. The van der Waals surface area contributed by atoms with Crippen LogP contribution in [0.2, 0.25) is 0 Å². The molecule has 0 saturated heterocycles. The minimum Gasteiger partial charge on any atom is -0.469 e. The van der Waals surface area contributed by atoms with Gasteiger partial charge in [0, 0.05) is 0 Å². The summed E-state index contributed by atoms with van der Waals surface area (Å²) in [4.78, 5) is 11.2. The van der Waals surface area contributed by atoms with Gasteiger partial charge in [-0.15, -0.1) is 0 Å². The quantitative estimate of drug-likeness (QED) is 0.512. The minimum absolute atomic E-state index is 0.0683. The Balaban J connectivity index is 4.77. The van der Waals surface area contributed by atoms with E-state index < -0.39 is 0 Å². The molecule has 0 fully saturated rings. The lowest BCUT2D eigenvalue weighted by molar-refractivity contribution is -0.144. The first kappa shape index (κ1) is 13.2. The molecule has 0 aliphatic carbocycles. The SMILES string of the molecule is C=C(C)C(C)(C)C(C)(C)CC(=O)OC. The molecule has 0 spiro atoms. The third-order valence-electron chi connectivity index (χ3n) is 3.57. The number of hydrogen-bond acceptors (Lipinski definition) is 2. The fourth-order valence-electron chi connectivity index (χ4n) is 1.23. The lowest BCUT2D eigenvalue weighted by atomic mass is 9.63. The third kappa shape index (κ3) is 2.60. The van der Waals surface area contributed by atoms with E-state index in [-0.39, 0.29) is 16.8 Å². The zero-order valence-corrected chi connectivity index (χ0v) is 10.2. The minimum atomic E-state index is -0.163. The molecule has 82 valence electrons. The number of carbonyl (C=O) groups excluding carboxylic acids is 1. The van der Waals surface area contributed by atoms with E-state index in [0.717, 1.165) is 5.57 Å². The summed E-state index contributed by atoms with van der Waals surface area (Å²) in [6, 6.07) is 0. The summed E-state index contributed by atoms with van der Waals surface area (Å²) in [5.41, 5.74) is 0.888. The van der Waals surface area contributed by atoms with Crippen LogP contribution < -0.4 is 0 Å². The van der Waals surface area contributed by atoms with Gasteiger partial charge in [0.2, 0.25) is 0 Å². The van der Waals surface area contributed by atoms with Gasteiger partial charge in [-0.3, -0.25) is 4.79 Å². The maximum Gasteiger partial charge on any atom is 0.306 e. The Kier molecular flexibility index (Phi) is 3.92. The highest BCUT2D eigenvalue weighted by atomic mass is 16.5. The second-order valence-electron chi connectivity index (χ2n) is 5.04. The van der Waals surface area contributed by atoms with Crippen molar-refractivity contribution in [2.24, 2.45) is 10.8 Å². The molecule has 0 aliphatic heterocycles. The molecule has 0 rings (SSSR count). The van der Waals surface area contributed by atoms with Crippen molar-refractivity contribution in [3.05, 3.63) is 12.2 Å². The standard InChI is InChI=1S/C12H22O2/c1-9(2)12(5,6)11(3,4)8-10(13)14-7/h1,8H2,2-7H3. The Labute approximate surface area is 87.3 Å². The van der Waals surface area contributed by atoms with Gasteiger partial charge in [-0.05, 0) is 17.8 Å². The molecule has 0 atom stereocenters. The number of rotatable bonds is 4. The van der Waals surface area contributed by atoms with Gasteiger partial charge in [0.1, 0.15) is 0 Å². The van der Waals surface area contributed by atoms with Crippen LogP contribution >= 0.6 is 0 Å². The van der Waals surface area contributed by atoms with E-state index in [1.807, 2.05) is 6.92 Å². The van der Waals surface area contributed by atoms with Crippen molar-refractivity contribution in [2.45, 2.75) is 41.0 Å². The molecule has 0 aliphatic rings. The summed E-state index contributed by atoms with van der Waals surface area (Å²) in [5.74, 6) is -0.163. The van der Waals surface area contributed by atoms with Gasteiger partial charge >= 0.3 is 5.97 Å². The summed E-state index contributed by atoms with van der Waals surface area (Å²) in [5, 5.41) is 0. The van der Waals surface area contributed by atoms with Gasteiger partial charge < -0.3 is 4.74 Å². The summed E-state index contributed by atoms with van der Waals surface area (Å²) in [6.07, 6.45) is 0.420. The number of hydrogen-bond donors (Lipinski definition) is 0. The second-order valence-corrected chi connectivity index (χ2v) is 5.04. The van der Waals surface area contributed by atoms with Gasteiger partial charge in [0.15, 0.2) is 0 Å². The van der Waals surface area contributed by atoms with E-state index >= 15 is 0 Å². The molecule has 0 aromatic carbocycles. The van der Waals surface area contributed by atoms with Crippen molar-refractivity contribution in [3.63, 3.8) is 0 Å². The number of methoxy groups -OCH3 is 1. The summed E-state index contributed by atoms with van der Waals surface area (Å²) in [6.45, 7) is 14.3. The topological polar surface area (TPSA) is 26.3 Å². The maximum absolute atomic E-state index is 11.2. The van der Waals surface area contributed by atoms with Crippen molar-refractivity contribution in [1.29, 1.82) is 0 Å². The van der Waals surface area contributed by atoms with Crippen LogP contribution in [0.1, 0.15) is 41.0 Å². The van der Waals surface area contributed by atoms with Gasteiger partial charge in [-0.2, -0.15) is 0 Å². The highest BCUT2D eigenvalue weighted by molar-refractivity contribution is 5.70. The molecule has 0 N–H and O–H groups in total. The van der Waals surface area contributed by atoms with E-state index in [1.54, 1.807) is 0 Å². The maximum atomic E-state index is 11.2. The Morgan fingerprint density at radius 1 is 1.29 bits per heavy atom. The fraction of sp³-hybridized carbons (Fsp3) is 0.750. The number of esters is 1. The van der Waals surface area contributed by atoms with E-state index in [9.17, 15) is 4.79 Å². The zero-order chi connectivity index (χ0) is 11.6. The number of carbonyl (C=O) groups is 1. The van der Waals surface area contributed by atoms with Crippen LogP contribution in [-0.4, -0.2) is 13.1 Å². The van der Waals surface area contributed by atoms with Gasteiger partial charge in [-0.25, -0.2) is 0 Å². The highest BCUT2D eigenvalue weighted by Gasteiger charge is 2.39. The molecule has 14 heavy (non-hydrogen) atoms. The van der Waals surface area contributed by atoms with E-state index in [0.29, 0.717) is 6.42 Å². The van der Waals surface area contributed by atoms with Crippen molar-refractivity contribution >= 4 is 5.97 Å². The van der Waals surface area contributed by atoms with Crippen molar-refractivity contribution in [3.8, 4) is 0 Å². The molecular formula is C12H22O2. The zero-order valence-electron chi connectivity index (χ0n) is 10.2. The number of ether oxygens (including phenoxy) is 1. The van der Waals surface area contributed by atoms with Crippen LogP contribution in [0.15, 0.2) is 12.2 Å². The Morgan fingerprint density at radius 3 is 2.00 bits per heavy atom. The van der Waals surface area contributed by atoms with E-state index in [2.05, 4.69) is 34.3 Å². The van der Waals surface area contributed by atoms with Crippen molar-refractivity contribution in [2.75, 3.05) is 7.11 Å². The first-order chi connectivity index (χ1) is 6.15. The molecule has 0 heterocycles. The van der Waals surface area contributed by atoms with Gasteiger partial charge in [-0.1, -0.05) is 39.8 Å². The Hall–Kier alpha value is -0.790. The predicted octanol–water partition coefficient (Wildman–Crippen LogP) is 3.18. The van der Waals surface area contributed by atoms with Crippen LogP contribution in [0.25, 0.3) is 0 Å². The lowest BCUT2D eigenvalue weighted by Gasteiger charge is -2.41. The first-order valence-electron chi connectivity index (χ1n) is 4.88. The van der Waals surface area contributed by atoms with E-state index in [4.69, 9.17) is 4.74 Å². The summed E-state index contributed by atoms with van der Waals surface area (Å²) in [7, 11) is 1.42. The normalized spacial score (nSPS) is 12.4. The molecular weight excluding hydrogens is 176 g/mol. The van der Waals surface area contributed by atoms with Crippen LogP contribution in [0.5, 0.6) is 0 Å². The molecule has 0 aromatic rings. The molecule has 0 unspecified atom stereocenters. The largest absolute Gasteiger partial charge is 0.469 e. The second kappa shape index (κ2) is 4.16. The highest BCUT2D eigenvalue weighted by Crippen LogP contribution is 2.45. The summed E-state index contributed by atoms with van der Waals surface area (Å²) < 4.78 is 4.69. The van der Waals surface area contributed by atoms with Crippen molar-refractivity contribution in [1.82, 2.24) is 0 Å². The van der Waals surface area contributed by atoms with Crippen LogP contribution in [0.4, 0.5) is 0 Å². The average Bonchev–Trinajstić information content (AvgIpc) is 2.02. The predicted molar refractivity (Wildman–Crippen MR) is 59.0 cm³/mol. The molecule has 0 bridgehead atoms. The Morgan fingerprint density at radius 2 is 1.71 bits per heavy atom. The van der Waals surface area contributed by atoms with Crippen LogP contribution in [0.3, 0.4) is 0 Å². The van der Waals surface area contributed by atoms with Gasteiger partial charge in [0.25, 0.3) is 0 Å². The first-order valence-corrected chi connectivity index (χ1v) is 4.88. The molecule has 0 aromatic heterocycles. The molecule has 0 radical (unpaired) electrons. The Bertz CT molecular complexity index is 237. The fourth-order valence-corrected chi connectivity index (χ4v) is 1.23. The summed E-state index contributed by atoms with van der Waals surface area (Å²) >= 11 is 0. The van der Waals surface area contributed by atoms with Crippen molar-refractivity contribution < 1.29 is 9.53 Å². The molecule has 0 saturated carbocycles. The molecule has 2 nitrogen and oxygen atoms in total. The monoisotopic (exact) mass is 198 g/mol.